The minimum absolute atomic E-state index is 0.0343. The molecule has 0 bridgehead atoms. The van der Waals surface area contributed by atoms with E-state index in [1.807, 2.05) is 13.8 Å². The van der Waals surface area contributed by atoms with Gasteiger partial charge >= 0.3 is 29.4 Å². The summed E-state index contributed by atoms with van der Waals surface area (Å²) >= 11 is 0. The molecule has 2 radical (unpaired) electrons. The molecule has 1 saturated heterocycles. The van der Waals surface area contributed by atoms with Crippen molar-refractivity contribution >= 4 is 37.3 Å². The Labute approximate surface area is 187 Å². The van der Waals surface area contributed by atoms with Crippen LogP contribution in [0.5, 0.6) is 0 Å². The Kier molecular flexibility index (Phi) is 9.94. The zero-order valence-corrected chi connectivity index (χ0v) is 20.7. The lowest BCUT2D eigenvalue weighted by Crippen LogP contribution is -2.39. The third kappa shape index (κ3) is 10.4. The summed E-state index contributed by atoms with van der Waals surface area (Å²) in [5, 5.41) is 0. The van der Waals surface area contributed by atoms with Crippen molar-refractivity contribution in [3.05, 3.63) is 0 Å². The minimum Gasteiger partial charge on any atom is -0.459 e. The first-order valence-corrected chi connectivity index (χ1v) is 13.8. The maximum atomic E-state index is 12.7. The lowest BCUT2D eigenvalue weighted by Gasteiger charge is -2.33. The fraction of sp³-hybridized carbons (Fsp3) is 0.929. The number of esters is 1. The van der Waals surface area contributed by atoms with Crippen LogP contribution in [-0.2, 0) is 41.1 Å². The third-order valence-electron chi connectivity index (χ3n) is 4.33. The molecule has 0 amide bonds. The van der Waals surface area contributed by atoms with Crippen LogP contribution in [0.3, 0.4) is 0 Å². The van der Waals surface area contributed by atoms with E-state index in [2.05, 4.69) is 13.1 Å². The second-order valence-corrected chi connectivity index (χ2v) is 13.1. The van der Waals surface area contributed by atoms with E-state index >= 15 is 0 Å². The summed E-state index contributed by atoms with van der Waals surface area (Å²) in [4.78, 5) is 48.5. The molecule has 3 unspecified atom stereocenters. The third-order valence-corrected chi connectivity index (χ3v) is 8.13. The van der Waals surface area contributed by atoms with Crippen molar-refractivity contribution in [2.75, 3.05) is 13.2 Å². The van der Waals surface area contributed by atoms with Gasteiger partial charge in [-0.15, -0.1) is 0 Å². The van der Waals surface area contributed by atoms with Crippen LogP contribution in [0.1, 0.15) is 40.5 Å². The number of carbonyl (C=O) groups excluding carboxylic acids is 1. The Morgan fingerprint density at radius 2 is 1.66 bits per heavy atom. The summed E-state index contributed by atoms with van der Waals surface area (Å²) in [6.07, 6.45) is -1.68. The number of phosphoric acid groups is 3. The molecule has 0 aromatic rings. The zero-order chi connectivity index (χ0) is 25.2. The van der Waals surface area contributed by atoms with Crippen LogP contribution in [0.15, 0.2) is 0 Å². The molecule has 0 aliphatic carbocycles. The number of carbonyl (C=O) groups is 1. The van der Waals surface area contributed by atoms with Crippen LogP contribution in [0.25, 0.3) is 0 Å². The molecule has 1 heterocycles. The number of hydrogen-bond acceptors (Lipinski definition) is 10. The van der Waals surface area contributed by atoms with Gasteiger partial charge in [0.05, 0.1) is 12.0 Å². The van der Waals surface area contributed by atoms with Gasteiger partial charge in [0.25, 0.3) is 0 Å². The van der Waals surface area contributed by atoms with E-state index in [0.717, 1.165) is 0 Å². The molecule has 0 aromatic heterocycles. The molecular weight excluding hydrogens is 494 g/mol. The summed E-state index contributed by atoms with van der Waals surface area (Å²) in [6, 6.07) is -0.897. The molecule has 1 fully saturated rings. The highest BCUT2D eigenvalue weighted by Gasteiger charge is 2.44. The molecule has 1 aliphatic heterocycles. The predicted octanol–water partition coefficient (Wildman–Crippen LogP) is 0.926. The van der Waals surface area contributed by atoms with Crippen molar-refractivity contribution < 1.29 is 60.7 Å². The zero-order valence-electron chi connectivity index (χ0n) is 18.0. The Morgan fingerprint density at radius 3 is 2.16 bits per heavy atom. The maximum absolute atomic E-state index is 12.7. The summed E-state index contributed by atoms with van der Waals surface area (Å²) in [7, 11) is -10.8. The highest BCUT2D eigenvalue weighted by atomic mass is 31.3. The normalized spacial score (nSPS) is 26.3. The standard InChI is InChI=1S/C14H29BNO13P3/c1-13(2,8-16)7-14(3,4)12(17)27-9-5-11(15)26-10(9)6-25-31(21,22)29-32(23,24)28-30(18,19)20/h9-11H,5-8,16H2,1-4H3,(H,21,22)(H,23,24)(H2,18,19,20)/t9-,10?,11-/m1/s1. The van der Waals surface area contributed by atoms with E-state index < -0.39 is 59.7 Å². The van der Waals surface area contributed by atoms with Crippen LogP contribution in [0, 0.1) is 10.8 Å². The van der Waals surface area contributed by atoms with Crippen molar-refractivity contribution in [1.29, 1.82) is 0 Å². The van der Waals surface area contributed by atoms with E-state index in [1.165, 1.54) is 0 Å². The second kappa shape index (κ2) is 10.6. The van der Waals surface area contributed by atoms with E-state index in [4.69, 9.17) is 32.8 Å². The van der Waals surface area contributed by atoms with Gasteiger partial charge in [0.2, 0.25) is 0 Å². The average Bonchev–Trinajstić information content (AvgIpc) is 2.88. The molecule has 0 aromatic carbocycles. The Hall–Kier alpha value is -0.135. The average molecular weight is 523 g/mol. The monoisotopic (exact) mass is 523 g/mol. The summed E-state index contributed by atoms with van der Waals surface area (Å²) < 4.78 is 56.5. The molecule has 1 rings (SSSR count). The van der Waals surface area contributed by atoms with Gasteiger partial charge in [0, 0.05) is 12.4 Å². The van der Waals surface area contributed by atoms with Gasteiger partial charge in [-0.2, -0.15) is 8.62 Å². The van der Waals surface area contributed by atoms with Gasteiger partial charge in [-0.3, -0.25) is 9.32 Å². The molecule has 14 nitrogen and oxygen atoms in total. The van der Waals surface area contributed by atoms with Gasteiger partial charge < -0.3 is 34.8 Å². The fourth-order valence-corrected chi connectivity index (χ4v) is 6.16. The van der Waals surface area contributed by atoms with Gasteiger partial charge in [-0.05, 0) is 32.2 Å². The van der Waals surface area contributed by atoms with Gasteiger partial charge in [0.15, 0.2) is 0 Å². The minimum atomic E-state index is -5.65. The molecular formula is C14H29BNO13P3. The maximum Gasteiger partial charge on any atom is 0.490 e. The predicted molar refractivity (Wildman–Crippen MR) is 110 cm³/mol. The number of nitrogens with two attached hydrogens (primary N) is 1. The first-order chi connectivity index (χ1) is 14.2. The van der Waals surface area contributed by atoms with E-state index in [0.29, 0.717) is 13.0 Å². The molecule has 5 atom stereocenters. The van der Waals surface area contributed by atoms with Crippen LogP contribution >= 0.6 is 23.5 Å². The number of hydrogen-bond donors (Lipinski definition) is 5. The van der Waals surface area contributed by atoms with Gasteiger partial charge in [-0.1, -0.05) is 13.8 Å². The van der Waals surface area contributed by atoms with Crippen molar-refractivity contribution in [3.63, 3.8) is 0 Å². The van der Waals surface area contributed by atoms with Crippen molar-refractivity contribution in [2.45, 2.75) is 58.7 Å². The molecule has 0 saturated carbocycles. The highest BCUT2D eigenvalue weighted by Crippen LogP contribution is 2.66. The Morgan fingerprint density at radius 1 is 1.09 bits per heavy atom. The van der Waals surface area contributed by atoms with Crippen LogP contribution in [-0.4, -0.2) is 64.8 Å². The van der Waals surface area contributed by atoms with Gasteiger partial charge in [0.1, 0.15) is 20.1 Å². The van der Waals surface area contributed by atoms with E-state index in [1.54, 1.807) is 13.8 Å². The molecule has 6 N–H and O–H groups in total. The van der Waals surface area contributed by atoms with Crippen molar-refractivity contribution in [1.82, 2.24) is 0 Å². The van der Waals surface area contributed by atoms with E-state index in [9.17, 15) is 28.3 Å². The topological polar surface area (TPSA) is 221 Å². The molecule has 32 heavy (non-hydrogen) atoms. The molecule has 1 aliphatic rings. The summed E-state index contributed by atoms with van der Waals surface area (Å²) in [5.74, 6) is -0.593. The van der Waals surface area contributed by atoms with Gasteiger partial charge in [-0.25, -0.2) is 13.7 Å². The fourth-order valence-electron chi connectivity index (χ4n) is 3.13. The Balaban J connectivity index is 2.78. The summed E-state index contributed by atoms with van der Waals surface area (Å²) in [6.45, 7) is 6.69. The summed E-state index contributed by atoms with van der Waals surface area (Å²) in [5.41, 5.74) is 4.44. The Bertz CT molecular complexity index is 816. The first kappa shape index (κ1) is 29.9. The second-order valence-electron chi connectivity index (χ2n) is 8.71. The number of rotatable bonds is 12. The lowest BCUT2D eigenvalue weighted by atomic mass is 9.75. The number of ether oxygens (including phenoxy) is 2. The number of phosphoric ester groups is 1. The van der Waals surface area contributed by atoms with Crippen molar-refractivity contribution in [3.8, 4) is 0 Å². The van der Waals surface area contributed by atoms with Crippen LogP contribution in [0.4, 0.5) is 0 Å². The molecule has 18 heteroatoms. The SMILES string of the molecule is [B][C@H]1C[C@@H](OC(=O)C(C)(C)CC(C)(C)CN)C(COP(=O)(O)OP(=O)(O)OP(=O)(O)O)O1. The van der Waals surface area contributed by atoms with Crippen LogP contribution in [0.2, 0.25) is 0 Å². The lowest BCUT2D eigenvalue weighted by molar-refractivity contribution is -0.164. The quantitative estimate of drug-likeness (QED) is 0.136. The van der Waals surface area contributed by atoms with E-state index in [-0.39, 0.29) is 11.8 Å². The molecule has 186 valence electrons. The highest BCUT2D eigenvalue weighted by molar-refractivity contribution is 7.66. The first-order valence-electron chi connectivity index (χ1n) is 9.27. The smallest absolute Gasteiger partial charge is 0.459 e. The van der Waals surface area contributed by atoms with Crippen molar-refractivity contribution in [2.24, 2.45) is 16.6 Å². The largest absolute Gasteiger partial charge is 0.490 e. The van der Waals surface area contributed by atoms with Crippen LogP contribution < -0.4 is 5.73 Å². The molecule has 0 spiro atoms.